The van der Waals surface area contributed by atoms with Crippen molar-refractivity contribution in [2.24, 2.45) is 0 Å². The molecule has 0 aliphatic rings. The Hall–Kier alpha value is -3.42. The molecule has 2 aromatic carbocycles. The molecule has 0 spiro atoms. The minimum atomic E-state index is -4.57. The van der Waals surface area contributed by atoms with E-state index in [-0.39, 0.29) is 11.4 Å². The topological polar surface area (TPSA) is 66.9 Å². The number of carbonyl (C=O) groups excluding carboxylic acids is 1. The van der Waals surface area contributed by atoms with E-state index < -0.39 is 17.6 Å². The lowest BCUT2D eigenvalue weighted by Crippen LogP contribution is -2.18. The summed E-state index contributed by atoms with van der Waals surface area (Å²) in [5.74, 6) is -0.361. The standard InChI is InChI=1S/C19H15F3N4O/c20-19(21,22)14-8-4-5-9-15(14)26-18(27)16-10-17(25-12-24-16)23-11-13-6-2-1-3-7-13/h1-10,12H,11H2,(H,26,27)(H,23,24,25). The third-order valence-electron chi connectivity index (χ3n) is 3.70. The van der Waals surface area contributed by atoms with Crippen LogP contribution in [-0.2, 0) is 12.7 Å². The van der Waals surface area contributed by atoms with Gasteiger partial charge >= 0.3 is 6.18 Å². The Kier molecular flexibility index (Phi) is 5.35. The van der Waals surface area contributed by atoms with Crippen molar-refractivity contribution in [2.45, 2.75) is 12.7 Å². The first-order chi connectivity index (χ1) is 12.9. The molecule has 3 aromatic rings. The number of rotatable bonds is 5. The molecule has 0 atom stereocenters. The molecule has 0 saturated carbocycles. The molecule has 2 N–H and O–H groups in total. The quantitative estimate of drug-likeness (QED) is 0.698. The van der Waals surface area contributed by atoms with Gasteiger partial charge < -0.3 is 10.6 Å². The van der Waals surface area contributed by atoms with Gasteiger partial charge in [0.25, 0.3) is 5.91 Å². The summed E-state index contributed by atoms with van der Waals surface area (Å²) in [6.45, 7) is 0.482. The van der Waals surface area contributed by atoms with Crippen LogP contribution in [0.3, 0.4) is 0 Å². The van der Waals surface area contributed by atoms with Gasteiger partial charge in [-0.2, -0.15) is 13.2 Å². The minimum Gasteiger partial charge on any atom is -0.366 e. The van der Waals surface area contributed by atoms with Crippen LogP contribution < -0.4 is 10.6 Å². The smallest absolute Gasteiger partial charge is 0.366 e. The van der Waals surface area contributed by atoms with Gasteiger partial charge in [0.05, 0.1) is 11.3 Å². The average molecular weight is 372 g/mol. The van der Waals surface area contributed by atoms with E-state index in [4.69, 9.17) is 0 Å². The number of benzene rings is 2. The lowest BCUT2D eigenvalue weighted by atomic mass is 10.1. The normalized spacial score (nSPS) is 11.1. The molecule has 0 saturated heterocycles. The Balaban J connectivity index is 1.73. The summed E-state index contributed by atoms with van der Waals surface area (Å²) in [7, 11) is 0. The van der Waals surface area contributed by atoms with Crippen LogP contribution >= 0.6 is 0 Å². The van der Waals surface area contributed by atoms with Gasteiger partial charge in [-0.15, -0.1) is 0 Å². The molecule has 138 valence electrons. The Labute approximate surface area is 153 Å². The highest BCUT2D eigenvalue weighted by Crippen LogP contribution is 2.34. The van der Waals surface area contributed by atoms with Crippen LogP contribution in [0.1, 0.15) is 21.6 Å². The van der Waals surface area contributed by atoms with Crippen molar-refractivity contribution in [3.05, 3.63) is 83.8 Å². The Morgan fingerprint density at radius 3 is 2.41 bits per heavy atom. The Bertz CT molecular complexity index is 929. The lowest BCUT2D eigenvalue weighted by molar-refractivity contribution is -0.136. The molecule has 27 heavy (non-hydrogen) atoms. The third kappa shape index (κ3) is 4.81. The van der Waals surface area contributed by atoms with Crippen LogP contribution in [0.2, 0.25) is 0 Å². The van der Waals surface area contributed by atoms with Crippen LogP contribution in [0.25, 0.3) is 0 Å². The molecule has 1 heterocycles. The largest absolute Gasteiger partial charge is 0.418 e. The van der Waals surface area contributed by atoms with Crippen molar-refractivity contribution in [3.8, 4) is 0 Å². The first-order valence-corrected chi connectivity index (χ1v) is 8.01. The van der Waals surface area contributed by atoms with Crippen molar-refractivity contribution in [1.82, 2.24) is 9.97 Å². The van der Waals surface area contributed by atoms with Gasteiger partial charge in [0.1, 0.15) is 17.8 Å². The average Bonchev–Trinajstić information content (AvgIpc) is 2.67. The second-order valence-electron chi connectivity index (χ2n) is 5.63. The number of alkyl halides is 3. The predicted octanol–water partition coefficient (Wildman–Crippen LogP) is 4.36. The predicted molar refractivity (Wildman–Crippen MR) is 95.2 cm³/mol. The second kappa shape index (κ2) is 7.86. The molecule has 1 amide bonds. The molecular formula is C19H15F3N4O. The number of hydrogen-bond acceptors (Lipinski definition) is 4. The number of nitrogens with one attached hydrogen (secondary N) is 2. The minimum absolute atomic E-state index is 0.0439. The summed E-state index contributed by atoms with van der Waals surface area (Å²) < 4.78 is 39.1. The number of amides is 1. The highest BCUT2D eigenvalue weighted by molar-refractivity contribution is 6.03. The molecule has 0 aliphatic heterocycles. The van der Waals surface area contributed by atoms with Gasteiger partial charge in [0, 0.05) is 12.6 Å². The summed E-state index contributed by atoms with van der Waals surface area (Å²) in [6.07, 6.45) is -3.39. The maximum absolute atomic E-state index is 13.0. The first-order valence-electron chi connectivity index (χ1n) is 8.01. The molecule has 0 fully saturated rings. The molecular weight excluding hydrogens is 357 g/mol. The summed E-state index contributed by atoms with van der Waals surface area (Å²) in [6, 6.07) is 15.7. The second-order valence-corrected chi connectivity index (χ2v) is 5.63. The Morgan fingerprint density at radius 1 is 0.963 bits per heavy atom. The highest BCUT2D eigenvalue weighted by Gasteiger charge is 2.33. The van der Waals surface area contributed by atoms with Crippen molar-refractivity contribution >= 4 is 17.4 Å². The van der Waals surface area contributed by atoms with Crippen molar-refractivity contribution in [3.63, 3.8) is 0 Å². The van der Waals surface area contributed by atoms with E-state index in [0.717, 1.165) is 11.6 Å². The van der Waals surface area contributed by atoms with Crippen LogP contribution in [0.5, 0.6) is 0 Å². The van der Waals surface area contributed by atoms with Gasteiger partial charge in [-0.25, -0.2) is 9.97 Å². The Morgan fingerprint density at radius 2 is 1.67 bits per heavy atom. The number of nitrogens with zero attached hydrogens (tertiary/aromatic N) is 2. The molecule has 0 radical (unpaired) electrons. The molecule has 3 rings (SSSR count). The van der Waals surface area contributed by atoms with E-state index in [9.17, 15) is 18.0 Å². The zero-order valence-electron chi connectivity index (χ0n) is 14.0. The number of aromatic nitrogens is 2. The fraction of sp³-hybridized carbons (Fsp3) is 0.105. The molecule has 1 aromatic heterocycles. The van der Waals surface area contributed by atoms with Gasteiger partial charge in [0.15, 0.2) is 0 Å². The van der Waals surface area contributed by atoms with Gasteiger partial charge in [-0.05, 0) is 17.7 Å². The summed E-state index contributed by atoms with van der Waals surface area (Å²) in [4.78, 5) is 20.2. The summed E-state index contributed by atoms with van der Waals surface area (Å²) in [5, 5.41) is 5.30. The lowest BCUT2D eigenvalue weighted by Gasteiger charge is -2.13. The molecule has 0 unspecified atom stereocenters. The molecule has 5 nitrogen and oxygen atoms in total. The summed E-state index contributed by atoms with van der Waals surface area (Å²) in [5.41, 5.74) is -0.277. The number of halogens is 3. The van der Waals surface area contributed by atoms with Crippen LogP contribution in [0.15, 0.2) is 67.0 Å². The SMILES string of the molecule is O=C(Nc1ccccc1C(F)(F)F)c1cc(NCc2ccccc2)ncn1. The number of carbonyl (C=O) groups is 1. The van der Waals surface area contributed by atoms with E-state index >= 15 is 0 Å². The van der Waals surface area contributed by atoms with E-state index in [2.05, 4.69) is 20.6 Å². The number of hydrogen-bond donors (Lipinski definition) is 2. The van der Waals surface area contributed by atoms with Crippen LogP contribution in [0.4, 0.5) is 24.7 Å². The zero-order chi connectivity index (χ0) is 19.3. The van der Waals surface area contributed by atoms with Gasteiger partial charge in [-0.3, -0.25) is 4.79 Å². The number of para-hydroxylation sites is 1. The van der Waals surface area contributed by atoms with E-state index in [1.807, 2.05) is 30.3 Å². The number of anilines is 2. The van der Waals surface area contributed by atoms with Gasteiger partial charge in [0.2, 0.25) is 0 Å². The highest BCUT2D eigenvalue weighted by atomic mass is 19.4. The molecule has 0 aliphatic carbocycles. The van der Waals surface area contributed by atoms with Crippen molar-refractivity contribution in [1.29, 1.82) is 0 Å². The van der Waals surface area contributed by atoms with E-state index in [1.165, 1.54) is 30.6 Å². The summed E-state index contributed by atoms with van der Waals surface area (Å²) >= 11 is 0. The van der Waals surface area contributed by atoms with Gasteiger partial charge in [-0.1, -0.05) is 42.5 Å². The molecule has 0 bridgehead atoms. The zero-order valence-corrected chi connectivity index (χ0v) is 14.0. The van der Waals surface area contributed by atoms with Crippen LogP contribution in [0, 0.1) is 0 Å². The third-order valence-corrected chi connectivity index (χ3v) is 3.70. The van der Waals surface area contributed by atoms with Crippen LogP contribution in [-0.4, -0.2) is 15.9 Å². The first kappa shape index (κ1) is 18.4. The molecule has 8 heteroatoms. The van der Waals surface area contributed by atoms with Crippen molar-refractivity contribution in [2.75, 3.05) is 10.6 Å². The maximum atomic E-state index is 13.0. The monoisotopic (exact) mass is 372 g/mol. The van der Waals surface area contributed by atoms with E-state index in [1.54, 1.807) is 0 Å². The van der Waals surface area contributed by atoms with Crippen molar-refractivity contribution < 1.29 is 18.0 Å². The van der Waals surface area contributed by atoms with E-state index in [0.29, 0.717) is 12.4 Å². The maximum Gasteiger partial charge on any atom is 0.418 e. The fourth-order valence-electron chi connectivity index (χ4n) is 2.39. The fourth-order valence-corrected chi connectivity index (χ4v) is 2.39.